The third-order valence-electron chi connectivity index (χ3n) is 2.76. The Kier molecular flexibility index (Phi) is 6.04. The summed E-state index contributed by atoms with van der Waals surface area (Å²) in [7, 11) is 0. The minimum absolute atomic E-state index is 0.296. The second-order valence-electron chi connectivity index (χ2n) is 4.64. The maximum Gasteiger partial charge on any atom is 0.119 e. The van der Waals surface area contributed by atoms with Gasteiger partial charge in [0.2, 0.25) is 0 Å². The minimum atomic E-state index is -0.514. The molecular weight excluding hydrogens is 338 g/mol. The van der Waals surface area contributed by atoms with Gasteiger partial charge in [-0.3, -0.25) is 0 Å². The van der Waals surface area contributed by atoms with Crippen molar-refractivity contribution in [1.29, 1.82) is 0 Å². The molecule has 0 amide bonds. The van der Waals surface area contributed by atoms with Gasteiger partial charge in [-0.1, -0.05) is 17.7 Å². The lowest BCUT2D eigenvalue weighted by Crippen LogP contribution is -2.30. The quantitative estimate of drug-likeness (QED) is 0.800. The number of hydrogen-bond acceptors (Lipinski definition) is 4. The van der Waals surface area contributed by atoms with Crippen molar-refractivity contribution in [2.24, 2.45) is 0 Å². The van der Waals surface area contributed by atoms with Gasteiger partial charge < -0.3 is 15.2 Å². The molecule has 0 saturated heterocycles. The highest BCUT2D eigenvalue weighted by Crippen LogP contribution is 2.19. The summed E-state index contributed by atoms with van der Waals surface area (Å²) in [5.74, 6) is 0.789. The molecule has 0 fully saturated rings. The molecule has 20 heavy (non-hydrogen) atoms. The number of halogens is 1. The Morgan fingerprint density at radius 2 is 2.10 bits per heavy atom. The van der Waals surface area contributed by atoms with Gasteiger partial charge in [-0.2, -0.15) is 0 Å². The molecule has 3 nitrogen and oxygen atoms in total. The molecule has 1 atom stereocenters. The van der Waals surface area contributed by atoms with Crippen molar-refractivity contribution >= 4 is 27.3 Å². The van der Waals surface area contributed by atoms with Crippen molar-refractivity contribution < 1.29 is 9.84 Å². The lowest BCUT2D eigenvalue weighted by Gasteiger charge is -2.13. The average molecular weight is 356 g/mol. The smallest absolute Gasteiger partial charge is 0.119 e. The van der Waals surface area contributed by atoms with Crippen LogP contribution in [0.15, 0.2) is 40.2 Å². The predicted octanol–water partition coefficient (Wildman–Crippen LogP) is 3.35. The number of aliphatic hydroxyl groups is 1. The van der Waals surface area contributed by atoms with Gasteiger partial charge in [0.25, 0.3) is 0 Å². The van der Waals surface area contributed by atoms with Crippen LogP contribution in [-0.2, 0) is 6.54 Å². The van der Waals surface area contributed by atoms with Gasteiger partial charge in [0.1, 0.15) is 18.5 Å². The Morgan fingerprint density at radius 1 is 1.35 bits per heavy atom. The van der Waals surface area contributed by atoms with Crippen LogP contribution in [0.5, 0.6) is 5.75 Å². The fourth-order valence-corrected chi connectivity index (χ4v) is 3.11. The van der Waals surface area contributed by atoms with E-state index in [1.54, 1.807) is 11.3 Å². The highest BCUT2D eigenvalue weighted by atomic mass is 79.9. The van der Waals surface area contributed by atoms with Gasteiger partial charge >= 0.3 is 0 Å². The second kappa shape index (κ2) is 7.78. The Morgan fingerprint density at radius 3 is 2.75 bits per heavy atom. The first-order valence-corrected chi connectivity index (χ1v) is 8.12. The van der Waals surface area contributed by atoms with E-state index >= 15 is 0 Å². The molecular formula is C15H18BrNO2S. The third-order valence-corrected chi connectivity index (χ3v) is 4.46. The number of rotatable bonds is 7. The standard InChI is InChI=1S/C15H18BrNO2S/c1-11-2-4-14(5-3-11)19-9-13(18)7-17-8-15-6-12(16)10-20-15/h2-6,10,13,17-18H,7-9H2,1H3. The number of thiophene rings is 1. The number of aliphatic hydroxyl groups excluding tert-OH is 1. The number of aryl methyl sites for hydroxylation is 1. The molecule has 5 heteroatoms. The van der Waals surface area contributed by atoms with Crippen LogP contribution in [0, 0.1) is 6.92 Å². The zero-order chi connectivity index (χ0) is 14.4. The summed E-state index contributed by atoms with van der Waals surface area (Å²) in [5.41, 5.74) is 1.20. The molecule has 0 aliphatic carbocycles. The van der Waals surface area contributed by atoms with Crippen LogP contribution in [0.1, 0.15) is 10.4 Å². The predicted molar refractivity (Wildman–Crippen MR) is 86.4 cm³/mol. The van der Waals surface area contributed by atoms with E-state index in [0.29, 0.717) is 13.2 Å². The molecule has 0 bridgehead atoms. The summed E-state index contributed by atoms with van der Waals surface area (Å²) in [6.45, 7) is 3.61. The lowest BCUT2D eigenvalue weighted by molar-refractivity contribution is 0.106. The maximum atomic E-state index is 9.85. The van der Waals surface area contributed by atoms with Gasteiger partial charge in [-0.15, -0.1) is 11.3 Å². The number of ether oxygens (including phenoxy) is 1. The molecule has 1 aromatic carbocycles. The molecule has 0 aliphatic heterocycles. The highest BCUT2D eigenvalue weighted by Gasteiger charge is 2.05. The zero-order valence-corrected chi connectivity index (χ0v) is 13.7. The summed E-state index contributed by atoms with van der Waals surface area (Å²) in [6.07, 6.45) is -0.514. The van der Waals surface area contributed by atoms with Crippen molar-refractivity contribution in [2.45, 2.75) is 19.6 Å². The summed E-state index contributed by atoms with van der Waals surface area (Å²) in [6, 6.07) is 9.90. The van der Waals surface area contributed by atoms with E-state index in [4.69, 9.17) is 4.74 Å². The summed E-state index contributed by atoms with van der Waals surface area (Å²) >= 11 is 5.11. The van der Waals surface area contributed by atoms with E-state index in [1.807, 2.05) is 36.6 Å². The first kappa shape index (κ1) is 15.5. The largest absolute Gasteiger partial charge is 0.491 e. The van der Waals surface area contributed by atoms with Crippen LogP contribution in [-0.4, -0.2) is 24.4 Å². The SMILES string of the molecule is Cc1ccc(OCC(O)CNCc2cc(Br)cs2)cc1. The van der Waals surface area contributed by atoms with Crippen molar-refractivity contribution in [3.63, 3.8) is 0 Å². The van der Waals surface area contributed by atoms with Gasteiger partial charge in [0, 0.05) is 27.8 Å². The average Bonchev–Trinajstić information content (AvgIpc) is 2.84. The molecule has 2 aromatic rings. The van der Waals surface area contributed by atoms with Crippen molar-refractivity contribution in [1.82, 2.24) is 5.32 Å². The molecule has 0 aliphatic rings. The van der Waals surface area contributed by atoms with Crippen molar-refractivity contribution in [2.75, 3.05) is 13.2 Å². The third kappa shape index (κ3) is 5.25. The minimum Gasteiger partial charge on any atom is -0.491 e. The molecule has 0 saturated carbocycles. The molecule has 2 rings (SSSR count). The molecule has 2 N–H and O–H groups in total. The van der Waals surface area contributed by atoms with Crippen molar-refractivity contribution in [3.8, 4) is 5.75 Å². The molecule has 1 heterocycles. The fraction of sp³-hybridized carbons (Fsp3) is 0.333. The van der Waals surface area contributed by atoms with Crippen LogP contribution >= 0.6 is 27.3 Å². The molecule has 0 spiro atoms. The van der Waals surface area contributed by atoms with E-state index in [2.05, 4.69) is 27.3 Å². The monoisotopic (exact) mass is 355 g/mol. The van der Waals surface area contributed by atoms with Crippen LogP contribution in [0.25, 0.3) is 0 Å². The number of nitrogens with one attached hydrogen (secondary N) is 1. The lowest BCUT2D eigenvalue weighted by atomic mass is 10.2. The summed E-state index contributed by atoms with van der Waals surface area (Å²) in [4.78, 5) is 1.24. The fourth-order valence-electron chi connectivity index (χ4n) is 1.69. The molecule has 0 radical (unpaired) electrons. The van der Waals surface area contributed by atoms with Gasteiger partial charge in [0.15, 0.2) is 0 Å². The van der Waals surface area contributed by atoms with Crippen LogP contribution in [0.2, 0.25) is 0 Å². The van der Waals surface area contributed by atoms with E-state index < -0.39 is 6.10 Å². The maximum absolute atomic E-state index is 9.85. The normalized spacial score (nSPS) is 12.3. The van der Waals surface area contributed by atoms with E-state index in [9.17, 15) is 5.11 Å². The second-order valence-corrected chi connectivity index (χ2v) is 6.55. The number of benzene rings is 1. The van der Waals surface area contributed by atoms with E-state index in [1.165, 1.54) is 10.4 Å². The molecule has 1 unspecified atom stereocenters. The van der Waals surface area contributed by atoms with Crippen LogP contribution in [0.4, 0.5) is 0 Å². The summed E-state index contributed by atoms with van der Waals surface area (Å²) < 4.78 is 6.63. The van der Waals surface area contributed by atoms with Gasteiger partial charge in [-0.25, -0.2) is 0 Å². The number of hydrogen-bond donors (Lipinski definition) is 2. The van der Waals surface area contributed by atoms with Crippen LogP contribution < -0.4 is 10.1 Å². The van der Waals surface area contributed by atoms with Gasteiger partial charge in [-0.05, 0) is 41.1 Å². The summed E-state index contributed by atoms with van der Waals surface area (Å²) in [5, 5.41) is 15.1. The highest BCUT2D eigenvalue weighted by molar-refractivity contribution is 9.10. The topological polar surface area (TPSA) is 41.5 Å². The molecule has 1 aromatic heterocycles. The Hall–Kier alpha value is -0.880. The Balaban J connectivity index is 1.65. The molecule has 108 valence electrons. The Bertz CT molecular complexity index is 527. The van der Waals surface area contributed by atoms with Gasteiger partial charge in [0.05, 0.1) is 0 Å². The Labute approximate surface area is 131 Å². The van der Waals surface area contributed by atoms with E-state index in [0.717, 1.165) is 16.8 Å². The first-order valence-electron chi connectivity index (χ1n) is 6.44. The zero-order valence-electron chi connectivity index (χ0n) is 11.3. The van der Waals surface area contributed by atoms with Crippen molar-refractivity contribution in [3.05, 3.63) is 50.6 Å². The van der Waals surface area contributed by atoms with E-state index in [-0.39, 0.29) is 0 Å². The van der Waals surface area contributed by atoms with Crippen LogP contribution in [0.3, 0.4) is 0 Å². The first-order chi connectivity index (χ1) is 9.63.